The lowest BCUT2D eigenvalue weighted by Crippen LogP contribution is -2.17. The first kappa shape index (κ1) is 11.0. The van der Waals surface area contributed by atoms with Gasteiger partial charge in [0.05, 0.1) is 6.20 Å². The first-order valence-electron chi connectivity index (χ1n) is 5.96. The van der Waals surface area contributed by atoms with Gasteiger partial charge in [-0.05, 0) is 6.92 Å². The number of hydrogen-bond acceptors (Lipinski definition) is 3. The Morgan fingerprint density at radius 1 is 1.33 bits per heavy atom. The lowest BCUT2D eigenvalue weighted by atomic mass is 10.2. The van der Waals surface area contributed by atoms with Crippen molar-refractivity contribution in [1.29, 1.82) is 0 Å². The van der Waals surface area contributed by atoms with Gasteiger partial charge in [-0.2, -0.15) is 0 Å². The maximum atomic E-state index is 5.85. The molecule has 1 unspecified atom stereocenters. The Hall–Kier alpha value is -2.07. The van der Waals surface area contributed by atoms with E-state index in [0.717, 1.165) is 17.1 Å². The van der Waals surface area contributed by atoms with Crippen LogP contribution in [0.15, 0.2) is 42.7 Å². The predicted octanol–water partition coefficient (Wildman–Crippen LogP) is 2.90. The summed E-state index contributed by atoms with van der Waals surface area (Å²) >= 11 is 0. The van der Waals surface area contributed by atoms with Crippen molar-refractivity contribution in [3.05, 3.63) is 54.1 Å². The number of nitrogens with zero attached hydrogens (tertiary/aromatic N) is 2. The number of fused-ring (bicyclic) bond motifs is 1. The number of aromatic nitrogens is 2. The molecule has 2 heterocycles. The molecule has 0 aliphatic carbocycles. The fraction of sp³-hybridized carbons (Fsp3) is 0.214. The predicted molar refractivity (Wildman–Crippen MR) is 68.3 cm³/mol. The molecule has 0 N–H and O–H groups in total. The summed E-state index contributed by atoms with van der Waals surface area (Å²) in [4.78, 5) is 4.25. The highest BCUT2D eigenvalue weighted by molar-refractivity contribution is 5.71. The lowest BCUT2D eigenvalue weighted by molar-refractivity contribution is -0.104. The molecule has 1 aliphatic rings. The van der Waals surface area contributed by atoms with Crippen LogP contribution in [0.3, 0.4) is 0 Å². The second kappa shape index (κ2) is 4.66. The quantitative estimate of drug-likeness (QED) is 0.830. The van der Waals surface area contributed by atoms with Gasteiger partial charge >= 0.3 is 0 Å². The number of hydrogen-bond donors (Lipinski definition) is 0. The molecule has 1 aromatic carbocycles. The maximum absolute atomic E-state index is 5.85. The second-order valence-electron chi connectivity index (χ2n) is 3.96. The standard InChI is InChI=1S/C14H14N2O2/c1-2-17-14-13-15-8-9-16(13)10-12(18-14)11-6-4-3-5-7-11/h3-10,14H,2H2,1H3. The fourth-order valence-corrected chi connectivity index (χ4v) is 1.95. The van der Waals surface area contributed by atoms with Crippen LogP contribution in [-0.4, -0.2) is 16.2 Å². The molecule has 0 fully saturated rings. The molecule has 0 saturated heterocycles. The molecule has 0 amide bonds. The van der Waals surface area contributed by atoms with E-state index in [-0.39, 0.29) is 0 Å². The van der Waals surface area contributed by atoms with Crippen LogP contribution in [0, 0.1) is 0 Å². The number of imidazole rings is 1. The Bertz CT molecular complexity index is 560. The molecular weight excluding hydrogens is 228 g/mol. The summed E-state index contributed by atoms with van der Waals surface area (Å²) in [5.41, 5.74) is 1.03. The smallest absolute Gasteiger partial charge is 0.259 e. The molecule has 0 spiro atoms. The molecule has 18 heavy (non-hydrogen) atoms. The van der Waals surface area contributed by atoms with Gasteiger partial charge in [-0.15, -0.1) is 0 Å². The van der Waals surface area contributed by atoms with Crippen molar-refractivity contribution < 1.29 is 9.47 Å². The average molecular weight is 242 g/mol. The SMILES string of the molecule is CCOC1OC(c2ccccc2)=Cn2ccnc21. The highest BCUT2D eigenvalue weighted by Gasteiger charge is 2.24. The van der Waals surface area contributed by atoms with Crippen LogP contribution >= 0.6 is 0 Å². The Balaban J connectivity index is 1.99. The first-order valence-corrected chi connectivity index (χ1v) is 5.96. The van der Waals surface area contributed by atoms with Gasteiger partial charge in [-0.3, -0.25) is 0 Å². The summed E-state index contributed by atoms with van der Waals surface area (Å²) in [7, 11) is 0. The summed E-state index contributed by atoms with van der Waals surface area (Å²) in [5.74, 6) is 1.57. The van der Waals surface area contributed by atoms with Gasteiger partial charge in [-0.1, -0.05) is 30.3 Å². The van der Waals surface area contributed by atoms with Gasteiger partial charge in [0.15, 0.2) is 5.82 Å². The van der Waals surface area contributed by atoms with E-state index in [0.29, 0.717) is 6.61 Å². The normalized spacial score (nSPS) is 17.8. The molecule has 0 saturated carbocycles. The summed E-state index contributed by atoms with van der Waals surface area (Å²) < 4.78 is 13.4. The molecular formula is C14H14N2O2. The molecule has 3 rings (SSSR count). The topological polar surface area (TPSA) is 36.3 Å². The van der Waals surface area contributed by atoms with Crippen LogP contribution in [0.5, 0.6) is 0 Å². The third-order valence-electron chi connectivity index (χ3n) is 2.78. The highest BCUT2D eigenvalue weighted by Crippen LogP contribution is 2.31. The van der Waals surface area contributed by atoms with E-state index in [4.69, 9.17) is 9.47 Å². The van der Waals surface area contributed by atoms with E-state index < -0.39 is 6.29 Å². The van der Waals surface area contributed by atoms with Gasteiger partial charge in [0.25, 0.3) is 6.29 Å². The van der Waals surface area contributed by atoms with Crippen LogP contribution < -0.4 is 0 Å². The second-order valence-corrected chi connectivity index (χ2v) is 3.96. The molecule has 92 valence electrons. The maximum Gasteiger partial charge on any atom is 0.259 e. The van der Waals surface area contributed by atoms with Crippen LogP contribution in [0.2, 0.25) is 0 Å². The van der Waals surface area contributed by atoms with Crippen LogP contribution in [0.1, 0.15) is 24.6 Å². The van der Waals surface area contributed by atoms with E-state index in [1.807, 2.05) is 54.2 Å². The number of rotatable bonds is 3. The molecule has 2 aromatic rings. The molecule has 1 atom stereocenters. The van der Waals surface area contributed by atoms with Crippen molar-refractivity contribution in [2.75, 3.05) is 6.61 Å². The van der Waals surface area contributed by atoms with E-state index in [1.165, 1.54) is 0 Å². The number of ether oxygens (including phenoxy) is 2. The van der Waals surface area contributed by atoms with Crippen molar-refractivity contribution in [3.8, 4) is 0 Å². The molecule has 0 bridgehead atoms. The molecule has 1 aromatic heterocycles. The van der Waals surface area contributed by atoms with E-state index >= 15 is 0 Å². The lowest BCUT2D eigenvalue weighted by Gasteiger charge is -2.24. The Labute approximate surface area is 105 Å². The number of benzene rings is 1. The summed E-state index contributed by atoms with van der Waals surface area (Å²) in [6, 6.07) is 9.97. The van der Waals surface area contributed by atoms with Gasteiger partial charge in [-0.25, -0.2) is 4.98 Å². The van der Waals surface area contributed by atoms with Crippen molar-refractivity contribution in [3.63, 3.8) is 0 Å². The summed E-state index contributed by atoms with van der Waals surface area (Å²) in [6.07, 6.45) is 5.13. The first-order chi connectivity index (χ1) is 8.88. The van der Waals surface area contributed by atoms with Crippen molar-refractivity contribution >= 4 is 12.0 Å². The minimum Gasteiger partial charge on any atom is -0.455 e. The zero-order valence-corrected chi connectivity index (χ0v) is 10.1. The fourth-order valence-electron chi connectivity index (χ4n) is 1.95. The Morgan fingerprint density at radius 2 is 2.17 bits per heavy atom. The Morgan fingerprint density at radius 3 is 2.94 bits per heavy atom. The zero-order chi connectivity index (χ0) is 12.4. The molecule has 1 aliphatic heterocycles. The highest BCUT2D eigenvalue weighted by atomic mass is 16.7. The van der Waals surface area contributed by atoms with Crippen molar-refractivity contribution in [1.82, 2.24) is 9.55 Å². The van der Waals surface area contributed by atoms with Crippen LogP contribution in [0.4, 0.5) is 0 Å². The monoisotopic (exact) mass is 242 g/mol. The van der Waals surface area contributed by atoms with Crippen LogP contribution in [0.25, 0.3) is 12.0 Å². The molecule has 4 nitrogen and oxygen atoms in total. The largest absolute Gasteiger partial charge is 0.455 e. The minimum atomic E-state index is -0.440. The third-order valence-corrected chi connectivity index (χ3v) is 2.78. The minimum absolute atomic E-state index is 0.440. The van der Waals surface area contributed by atoms with Gasteiger partial charge in [0, 0.05) is 24.6 Å². The zero-order valence-electron chi connectivity index (χ0n) is 10.1. The van der Waals surface area contributed by atoms with E-state index in [9.17, 15) is 0 Å². The van der Waals surface area contributed by atoms with Gasteiger partial charge in [0.2, 0.25) is 0 Å². The molecule has 0 radical (unpaired) electrons. The third kappa shape index (κ3) is 1.91. The molecule has 4 heteroatoms. The van der Waals surface area contributed by atoms with Gasteiger partial charge < -0.3 is 14.0 Å². The van der Waals surface area contributed by atoms with Gasteiger partial charge in [0.1, 0.15) is 5.76 Å². The van der Waals surface area contributed by atoms with Crippen molar-refractivity contribution in [2.24, 2.45) is 0 Å². The average Bonchev–Trinajstić information content (AvgIpc) is 2.88. The van der Waals surface area contributed by atoms with Crippen molar-refractivity contribution in [2.45, 2.75) is 13.2 Å². The van der Waals surface area contributed by atoms with E-state index in [2.05, 4.69) is 4.98 Å². The summed E-state index contributed by atoms with van der Waals surface area (Å²) in [6.45, 7) is 2.52. The summed E-state index contributed by atoms with van der Waals surface area (Å²) in [5, 5.41) is 0. The Kier molecular flexibility index (Phi) is 2.86. The van der Waals surface area contributed by atoms with E-state index in [1.54, 1.807) is 6.20 Å². The van der Waals surface area contributed by atoms with Crippen LogP contribution in [-0.2, 0) is 9.47 Å².